The predicted molar refractivity (Wildman–Crippen MR) is 177 cm³/mol. The van der Waals surface area contributed by atoms with Crippen LogP contribution in [0.25, 0.3) is 33.4 Å². The van der Waals surface area contributed by atoms with E-state index in [1.807, 2.05) is 17.0 Å². The number of halogens is 2. The molecule has 5 aromatic rings. The lowest BCUT2D eigenvalue weighted by atomic mass is 9.95. The Labute approximate surface area is 271 Å². The maximum atomic E-state index is 13.9. The molecular weight excluding hydrogens is 624 g/mol. The van der Waals surface area contributed by atoms with Crippen LogP contribution in [0.5, 0.6) is 0 Å². The lowest BCUT2D eigenvalue weighted by Gasteiger charge is -2.26. The number of carbonyl (C=O) groups excluding carboxylic acids is 2. The maximum absolute atomic E-state index is 13.9. The quantitative estimate of drug-likeness (QED) is 0.143. The number of aromatic nitrogens is 1. The summed E-state index contributed by atoms with van der Waals surface area (Å²) in [6, 6.07) is 19.1. The Morgan fingerprint density at radius 2 is 1.83 bits per heavy atom. The molecule has 1 saturated heterocycles. The Bertz CT molecular complexity index is 2060. The van der Waals surface area contributed by atoms with Crippen LogP contribution < -0.4 is 4.31 Å². The van der Waals surface area contributed by atoms with Crippen molar-refractivity contribution in [3.63, 3.8) is 0 Å². The van der Waals surface area contributed by atoms with Crippen molar-refractivity contribution in [3.05, 3.63) is 108 Å². The molecule has 8 nitrogen and oxygen atoms in total. The van der Waals surface area contributed by atoms with Crippen LogP contribution in [-0.2, 0) is 10.0 Å². The molecule has 0 N–H and O–H groups in total. The Morgan fingerprint density at radius 3 is 2.51 bits per heavy atom. The largest absolute Gasteiger partial charge is 0.455 e. The molecular formula is C36H33F2N3O5S. The first-order chi connectivity index (χ1) is 22.6. The zero-order chi connectivity index (χ0) is 33.3. The van der Waals surface area contributed by atoms with Crippen LogP contribution in [0.3, 0.4) is 0 Å². The third-order valence-corrected chi connectivity index (χ3v) is 9.65. The molecule has 1 unspecified atom stereocenters. The summed E-state index contributed by atoms with van der Waals surface area (Å²) >= 11 is 0. The smallest absolute Gasteiger partial charge is 0.254 e. The number of amides is 1. The van der Waals surface area contributed by atoms with Gasteiger partial charge in [0.1, 0.15) is 23.8 Å². The monoisotopic (exact) mass is 657 g/mol. The molecule has 1 atom stereocenters. The third kappa shape index (κ3) is 6.27. The van der Waals surface area contributed by atoms with E-state index in [0.29, 0.717) is 34.2 Å². The number of furan rings is 1. The molecule has 1 aliphatic rings. The minimum atomic E-state index is -3.98. The summed E-state index contributed by atoms with van der Waals surface area (Å²) in [6.45, 7) is 0.876. The van der Waals surface area contributed by atoms with Crippen molar-refractivity contribution < 1.29 is 31.2 Å². The number of hydrogen-bond donors (Lipinski definition) is 0. The second kappa shape index (κ2) is 13.1. The van der Waals surface area contributed by atoms with Crippen LogP contribution in [0.1, 0.15) is 58.5 Å². The van der Waals surface area contributed by atoms with Gasteiger partial charge in [0.2, 0.25) is 10.0 Å². The van der Waals surface area contributed by atoms with Gasteiger partial charge in [-0.25, -0.2) is 17.2 Å². The van der Waals surface area contributed by atoms with E-state index in [9.17, 15) is 26.8 Å². The van der Waals surface area contributed by atoms with E-state index in [1.165, 1.54) is 30.3 Å². The number of alkyl halides is 1. The van der Waals surface area contributed by atoms with Gasteiger partial charge in [0.25, 0.3) is 5.91 Å². The van der Waals surface area contributed by atoms with Gasteiger partial charge in [-0.3, -0.25) is 18.9 Å². The van der Waals surface area contributed by atoms with Gasteiger partial charge in [-0.2, -0.15) is 0 Å². The number of anilines is 1. The van der Waals surface area contributed by atoms with Crippen molar-refractivity contribution in [1.29, 1.82) is 0 Å². The zero-order valence-corrected chi connectivity index (χ0v) is 26.8. The van der Waals surface area contributed by atoms with Crippen LogP contribution in [-0.4, -0.2) is 56.0 Å². The minimum Gasteiger partial charge on any atom is -0.455 e. The highest BCUT2D eigenvalue weighted by Crippen LogP contribution is 2.42. The molecule has 0 saturated carbocycles. The fourth-order valence-corrected chi connectivity index (χ4v) is 7.19. The van der Waals surface area contributed by atoms with Crippen molar-refractivity contribution in [3.8, 4) is 22.5 Å². The Morgan fingerprint density at radius 1 is 1.04 bits per heavy atom. The summed E-state index contributed by atoms with van der Waals surface area (Å²) in [5.41, 5.74) is 3.27. The molecule has 6 rings (SSSR count). The van der Waals surface area contributed by atoms with E-state index < -0.39 is 29.1 Å². The fourth-order valence-electron chi connectivity index (χ4n) is 6.28. The summed E-state index contributed by atoms with van der Waals surface area (Å²) in [6.07, 6.45) is 6.22. The predicted octanol–water partition coefficient (Wildman–Crippen LogP) is 7.61. The SMILES string of the molecule is CCC(=O)c1c(-c2ccc(F)cc2)oc2cc(N(CCF)S(C)(=O)=O)c(-c3cccc(C(=O)N4CCCC4c4cccnc4)c3)cc12. The van der Waals surface area contributed by atoms with Gasteiger partial charge >= 0.3 is 0 Å². The van der Waals surface area contributed by atoms with Crippen molar-refractivity contribution in [2.24, 2.45) is 0 Å². The zero-order valence-electron chi connectivity index (χ0n) is 25.9. The molecule has 47 heavy (non-hydrogen) atoms. The summed E-state index contributed by atoms with van der Waals surface area (Å²) < 4.78 is 60.8. The highest BCUT2D eigenvalue weighted by Gasteiger charge is 2.32. The Balaban J connectivity index is 1.54. The van der Waals surface area contributed by atoms with Crippen molar-refractivity contribution in [2.75, 3.05) is 30.3 Å². The molecule has 3 heterocycles. The van der Waals surface area contributed by atoms with Crippen LogP contribution >= 0.6 is 0 Å². The third-order valence-electron chi connectivity index (χ3n) is 8.47. The average molecular weight is 658 g/mol. The number of Topliss-reactive ketones (excluding diaryl/α,β-unsaturated/α-hetero) is 1. The van der Waals surface area contributed by atoms with Crippen molar-refractivity contribution in [1.82, 2.24) is 9.88 Å². The molecule has 0 spiro atoms. The second-order valence-corrected chi connectivity index (χ2v) is 13.4. The first-order valence-electron chi connectivity index (χ1n) is 15.4. The number of carbonyl (C=O) groups is 2. The lowest BCUT2D eigenvalue weighted by molar-refractivity contribution is 0.0735. The molecule has 3 aromatic carbocycles. The highest BCUT2D eigenvalue weighted by atomic mass is 32.2. The Kier molecular flexibility index (Phi) is 8.92. The molecule has 1 amide bonds. The number of benzene rings is 3. The van der Waals surface area contributed by atoms with Crippen molar-refractivity contribution in [2.45, 2.75) is 32.2 Å². The number of hydrogen-bond acceptors (Lipinski definition) is 6. The average Bonchev–Trinajstić information content (AvgIpc) is 3.71. The van der Waals surface area contributed by atoms with Gasteiger partial charge in [-0.15, -0.1) is 0 Å². The van der Waals surface area contributed by atoms with Gasteiger partial charge in [-0.05, 0) is 72.5 Å². The standard InChI is InChI=1S/C36H33F2N3O5S/c1-3-32(42)34-29-20-28(24-7-4-8-25(19-24)36(43)40-17-6-10-30(40)26-9-5-16-39-22-26)31(41(18-15-37)47(2,44)45)21-33(29)46-35(34)23-11-13-27(38)14-12-23/h4-5,7-9,11-14,16,19-22,30H,3,6,10,15,17-18H2,1-2H3. The number of sulfonamides is 1. The highest BCUT2D eigenvalue weighted by molar-refractivity contribution is 7.92. The second-order valence-electron chi connectivity index (χ2n) is 11.5. The number of fused-ring (bicyclic) bond motifs is 1. The lowest BCUT2D eigenvalue weighted by Crippen LogP contribution is -2.32. The number of pyridine rings is 1. The molecule has 2 aromatic heterocycles. The van der Waals surface area contributed by atoms with E-state index in [0.717, 1.165) is 29.0 Å². The van der Waals surface area contributed by atoms with Gasteiger partial charge < -0.3 is 9.32 Å². The Hall–Kier alpha value is -4.90. The number of ketones is 1. The van der Waals surface area contributed by atoms with Gasteiger partial charge in [0.15, 0.2) is 5.78 Å². The van der Waals surface area contributed by atoms with Crippen LogP contribution in [0.15, 0.2) is 89.6 Å². The van der Waals surface area contributed by atoms with E-state index in [-0.39, 0.29) is 46.7 Å². The first-order valence-corrected chi connectivity index (χ1v) is 17.2. The number of nitrogens with zero attached hydrogens (tertiary/aromatic N) is 3. The van der Waals surface area contributed by atoms with Gasteiger partial charge in [0.05, 0.1) is 30.1 Å². The number of rotatable bonds is 10. The molecule has 11 heteroatoms. The molecule has 0 bridgehead atoms. The van der Waals surface area contributed by atoms with Crippen LogP contribution in [0.2, 0.25) is 0 Å². The normalized spacial score (nSPS) is 14.9. The van der Waals surface area contributed by atoms with E-state index in [1.54, 1.807) is 49.6 Å². The van der Waals surface area contributed by atoms with Gasteiger partial charge in [0, 0.05) is 53.5 Å². The summed E-state index contributed by atoms with van der Waals surface area (Å²) in [5, 5.41) is 0.413. The van der Waals surface area contributed by atoms with Crippen molar-refractivity contribution >= 4 is 38.4 Å². The molecule has 242 valence electrons. The fraction of sp³-hybridized carbons (Fsp3) is 0.250. The summed E-state index contributed by atoms with van der Waals surface area (Å²) in [7, 11) is -3.98. The molecule has 1 fully saturated rings. The van der Waals surface area contributed by atoms with E-state index in [2.05, 4.69) is 4.98 Å². The summed E-state index contributed by atoms with van der Waals surface area (Å²) in [5.74, 6) is -0.660. The van der Waals surface area contributed by atoms with Gasteiger partial charge in [-0.1, -0.05) is 25.1 Å². The number of likely N-dealkylation sites (tertiary alicyclic amines) is 1. The molecule has 1 aliphatic heterocycles. The van der Waals surface area contributed by atoms with E-state index >= 15 is 0 Å². The molecule has 0 aliphatic carbocycles. The summed E-state index contributed by atoms with van der Waals surface area (Å²) in [4.78, 5) is 33.3. The molecule has 0 radical (unpaired) electrons. The van der Waals surface area contributed by atoms with Crippen LogP contribution in [0, 0.1) is 5.82 Å². The van der Waals surface area contributed by atoms with Crippen LogP contribution in [0.4, 0.5) is 14.5 Å². The first kappa shape index (κ1) is 32.1. The van der Waals surface area contributed by atoms with E-state index in [4.69, 9.17) is 4.42 Å². The minimum absolute atomic E-state index is 0.129. The maximum Gasteiger partial charge on any atom is 0.254 e. The topological polar surface area (TPSA) is 101 Å².